The van der Waals surface area contributed by atoms with Crippen molar-refractivity contribution in [3.8, 4) is 24.7 Å². The Bertz CT molecular complexity index is 1770. The van der Waals surface area contributed by atoms with Crippen molar-refractivity contribution < 1.29 is 17.0 Å². The first-order chi connectivity index (χ1) is 23.6. The topological polar surface area (TPSA) is 48.8 Å². The first kappa shape index (κ1) is 48.1. The molecular formula is C46H57BrMgN4. The summed E-state index contributed by atoms with van der Waals surface area (Å²) in [5, 5.41) is 7.27. The van der Waals surface area contributed by atoms with E-state index in [0.717, 1.165) is 17.9 Å². The second kappa shape index (κ2) is 23.6. The SMILES string of the molecule is C#CCC(CNc1c(C)cc(C)cc1C)Nc1c(C)cc(C)cc1C.C#C[CH2-].Cc1cc(C)c(N=CC=Nc2c(C)cc(C)cc2C)c(C)c1.[Br-].[Mg+2]. The van der Waals surface area contributed by atoms with Gasteiger partial charge in [0.05, 0.1) is 17.4 Å². The number of anilines is 2. The number of hydrogen-bond donors (Lipinski definition) is 2. The van der Waals surface area contributed by atoms with Crippen LogP contribution in [-0.4, -0.2) is 48.1 Å². The molecule has 0 aromatic heterocycles. The van der Waals surface area contributed by atoms with Crippen LogP contribution in [0.3, 0.4) is 0 Å². The molecule has 4 rings (SSSR count). The van der Waals surface area contributed by atoms with E-state index in [1.54, 1.807) is 12.4 Å². The summed E-state index contributed by atoms with van der Waals surface area (Å²) in [6, 6.07) is 17.7. The van der Waals surface area contributed by atoms with Gasteiger partial charge in [-0.3, -0.25) is 9.98 Å². The summed E-state index contributed by atoms with van der Waals surface area (Å²) in [5.41, 5.74) is 19.5. The van der Waals surface area contributed by atoms with Gasteiger partial charge in [-0.25, -0.2) is 0 Å². The summed E-state index contributed by atoms with van der Waals surface area (Å²) >= 11 is 0. The van der Waals surface area contributed by atoms with Crippen LogP contribution in [0.4, 0.5) is 22.7 Å². The van der Waals surface area contributed by atoms with E-state index in [9.17, 15) is 0 Å². The van der Waals surface area contributed by atoms with E-state index in [-0.39, 0.29) is 46.1 Å². The zero-order valence-corrected chi connectivity index (χ0v) is 36.6. The molecule has 0 amide bonds. The summed E-state index contributed by atoms with van der Waals surface area (Å²) in [6.07, 6.45) is 14.3. The average molecular weight is 770 g/mol. The largest absolute Gasteiger partial charge is 2.00 e. The van der Waals surface area contributed by atoms with Crippen molar-refractivity contribution in [2.75, 3.05) is 17.2 Å². The van der Waals surface area contributed by atoms with Gasteiger partial charge >= 0.3 is 23.1 Å². The van der Waals surface area contributed by atoms with Crippen LogP contribution in [0, 0.1) is 115 Å². The molecule has 6 heteroatoms. The quantitative estimate of drug-likeness (QED) is 0.0782. The Morgan fingerprint density at radius 3 is 1.17 bits per heavy atom. The standard InChI is InChI=1S/C23H30N2.C20H24N2.C3H3.BrH.Mg/c1-8-9-21(25-23-19(6)12-16(3)13-20(23)7)14-24-22-17(4)10-15(2)11-18(22)5;1-13-9-15(3)19(16(4)10-13)21-7-8-22-20-17(5)11-14(2)12-18(20)6;1-3-2;;/h1,10-13,21,24-25H,9,14H2,2-7H3;7-12H,1-6H3;1H,2H2;1H;/q;;-1;;+2/p-1. The Morgan fingerprint density at radius 1 is 0.577 bits per heavy atom. The third kappa shape index (κ3) is 15.0. The van der Waals surface area contributed by atoms with E-state index in [1.807, 2.05) is 5.92 Å². The van der Waals surface area contributed by atoms with Crippen LogP contribution in [0.25, 0.3) is 0 Å². The molecule has 52 heavy (non-hydrogen) atoms. The second-order valence-corrected chi connectivity index (χ2v) is 13.4. The normalized spacial score (nSPS) is 10.7. The molecule has 0 saturated carbocycles. The zero-order valence-electron chi connectivity index (χ0n) is 33.6. The average Bonchev–Trinajstić information content (AvgIpc) is 2.99. The van der Waals surface area contributed by atoms with Crippen LogP contribution in [0.1, 0.15) is 73.2 Å². The molecule has 1 unspecified atom stereocenters. The summed E-state index contributed by atoms with van der Waals surface area (Å²) in [5.74, 6) is 4.81. The van der Waals surface area contributed by atoms with Gasteiger partial charge in [-0.2, -0.15) is 6.92 Å². The minimum atomic E-state index is 0. The summed E-state index contributed by atoms with van der Waals surface area (Å²) in [6.45, 7) is 29.3. The van der Waals surface area contributed by atoms with E-state index in [0.29, 0.717) is 6.42 Å². The number of halogens is 1. The van der Waals surface area contributed by atoms with Crippen molar-refractivity contribution in [2.45, 2.75) is 95.5 Å². The molecule has 0 aliphatic carbocycles. The molecule has 0 radical (unpaired) electrons. The van der Waals surface area contributed by atoms with Crippen LogP contribution < -0.4 is 27.6 Å². The number of aryl methyl sites for hydroxylation is 12. The number of benzene rings is 4. The Kier molecular flexibility index (Phi) is 21.8. The maximum Gasteiger partial charge on any atom is 2.00 e. The van der Waals surface area contributed by atoms with Gasteiger partial charge in [0, 0.05) is 36.8 Å². The van der Waals surface area contributed by atoms with Gasteiger partial charge in [0.15, 0.2) is 0 Å². The third-order valence-electron chi connectivity index (χ3n) is 8.34. The number of terminal acetylenes is 2. The smallest absolute Gasteiger partial charge is 1.00 e. The molecule has 4 aromatic rings. The predicted molar refractivity (Wildman–Crippen MR) is 228 cm³/mol. The minimum absolute atomic E-state index is 0. The molecule has 0 spiro atoms. The maximum atomic E-state index is 5.61. The summed E-state index contributed by atoms with van der Waals surface area (Å²) < 4.78 is 0. The van der Waals surface area contributed by atoms with E-state index in [2.05, 4.69) is 172 Å². The van der Waals surface area contributed by atoms with Gasteiger partial charge in [0.1, 0.15) is 0 Å². The van der Waals surface area contributed by atoms with Crippen LogP contribution in [0.15, 0.2) is 58.5 Å². The maximum absolute atomic E-state index is 5.61. The Labute approximate surface area is 342 Å². The molecule has 0 bridgehead atoms. The van der Waals surface area contributed by atoms with E-state index in [4.69, 9.17) is 6.42 Å². The van der Waals surface area contributed by atoms with Gasteiger partial charge in [0.2, 0.25) is 0 Å². The molecule has 0 saturated heterocycles. The van der Waals surface area contributed by atoms with Crippen LogP contribution >= 0.6 is 0 Å². The number of aliphatic imine (C=N–C) groups is 2. The van der Waals surface area contributed by atoms with Crippen molar-refractivity contribution in [1.82, 2.24) is 0 Å². The number of hydrogen-bond acceptors (Lipinski definition) is 4. The van der Waals surface area contributed by atoms with Crippen molar-refractivity contribution in [3.63, 3.8) is 0 Å². The van der Waals surface area contributed by atoms with E-state index < -0.39 is 0 Å². The van der Waals surface area contributed by atoms with Crippen molar-refractivity contribution in [1.29, 1.82) is 0 Å². The minimum Gasteiger partial charge on any atom is -1.00 e. The molecule has 0 heterocycles. The Morgan fingerprint density at radius 2 is 0.865 bits per heavy atom. The number of nitrogens with zero attached hydrogens (tertiary/aromatic N) is 2. The van der Waals surface area contributed by atoms with Crippen LogP contribution in [0.2, 0.25) is 0 Å². The van der Waals surface area contributed by atoms with Crippen molar-refractivity contribution in [3.05, 3.63) is 122 Å². The fourth-order valence-electron chi connectivity index (χ4n) is 6.58. The van der Waals surface area contributed by atoms with Crippen molar-refractivity contribution >= 4 is 58.2 Å². The molecule has 0 fully saturated rings. The molecule has 0 aliphatic heterocycles. The zero-order chi connectivity index (χ0) is 37.5. The Balaban J connectivity index is 0.000000903. The van der Waals surface area contributed by atoms with Crippen LogP contribution in [-0.2, 0) is 0 Å². The van der Waals surface area contributed by atoms with Gasteiger partial charge in [0.25, 0.3) is 0 Å². The van der Waals surface area contributed by atoms with Crippen LogP contribution in [0.5, 0.6) is 0 Å². The molecule has 2 N–H and O–H groups in total. The van der Waals surface area contributed by atoms with E-state index in [1.165, 1.54) is 78.1 Å². The first-order valence-electron chi connectivity index (χ1n) is 17.2. The monoisotopic (exact) mass is 768 g/mol. The number of nitrogens with one attached hydrogen (secondary N) is 2. The van der Waals surface area contributed by atoms with Gasteiger partial charge in [-0.1, -0.05) is 70.8 Å². The molecule has 0 aliphatic rings. The summed E-state index contributed by atoms with van der Waals surface area (Å²) in [7, 11) is 0. The second-order valence-electron chi connectivity index (χ2n) is 13.4. The molecule has 4 aromatic carbocycles. The summed E-state index contributed by atoms with van der Waals surface area (Å²) in [4.78, 5) is 9.13. The molecule has 270 valence electrons. The number of rotatable bonds is 9. The predicted octanol–water partition coefficient (Wildman–Crippen LogP) is 8.17. The fraction of sp³-hybridized carbons (Fsp3) is 0.326. The molecular weight excluding hydrogens is 713 g/mol. The fourth-order valence-corrected chi connectivity index (χ4v) is 6.58. The third-order valence-corrected chi connectivity index (χ3v) is 8.34. The van der Waals surface area contributed by atoms with E-state index >= 15 is 0 Å². The van der Waals surface area contributed by atoms with Gasteiger partial charge in [-0.05, 0) is 128 Å². The first-order valence-corrected chi connectivity index (χ1v) is 17.2. The van der Waals surface area contributed by atoms with Crippen molar-refractivity contribution in [2.24, 2.45) is 9.98 Å². The molecule has 4 nitrogen and oxygen atoms in total. The van der Waals surface area contributed by atoms with Gasteiger partial charge < -0.3 is 40.0 Å². The van der Waals surface area contributed by atoms with Gasteiger partial charge in [-0.15, -0.1) is 12.3 Å². The Hall–Kier alpha value is -3.94. The molecule has 1 atom stereocenters.